The topological polar surface area (TPSA) is 77.4 Å². The van der Waals surface area contributed by atoms with E-state index in [1.54, 1.807) is 0 Å². The summed E-state index contributed by atoms with van der Waals surface area (Å²) in [6.07, 6.45) is 0.561. The molecule has 6 heteroatoms. The second kappa shape index (κ2) is 4.03. The van der Waals surface area contributed by atoms with Gasteiger partial charge >= 0.3 is 29.6 Å². The van der Waals surface area contributed by atoms with E-state index in [9.17, 15) is 18.1 Å². The average Bonchev–Trinajstić information content (AvgIpc) is 2.56. The Balaban J connectivity index is 0.00000169. The standard InChI is InChI=1S/C8H16O4S.Na/c1-4-8(9,13(10,11)12)6-5-7(6,2)3;/h6,9H,4-5H2,1-3H3,(H,10,11,12);/q;+1/p-1. The van der Waals surface area contributed by atoms with Crippen LogP contribution in [0.5, 0.6) is 0 Å². The molecule has 0 bridgehead atoms. The molecule has 2 atom stereocenters. The zero-order chi connectivity index (χ0) is 10.5. The fourth-order valence-electron chi connectivity index (χ4n) is 1.83. The van der Waals surface area contributed by atoms with E-state index in [2.05, 4.69) is 0 Å². The molecule has 0 heterocycles. The Morgan fingerprint density at radius 3 is 2.00 bits per heavy atom. The van der Waals surface area contributed by atoms with Gasteiger partial charge in [-0.1, -0.05) is 20.8 Å². The van der Waals surface area contributed by atoms with E-state index in [1.165, 1.54) is 6.92 Å². The van der Waals surface area contributed by atoms with Crippen LogP contribution in [0.4, 0.5) is 0 Å². The van der Waals surface area contributed by atoms with Crippen LogP contribution in [0.15, 0.2) is 0 Å². The van der Waals surface area contributed by atoms with E-state index in [-0.39, 0.29) is 41.4 Å². The van der Waals surface area contributed by atoms with Crippen LogP contribution >= 0.6 is 0 Å². The van der Waals surface area contributed by atoms with E-state index in [0.29, 0.717) is 6.42 Å². The Hall–Kier alpha value is 0.870. The molecule has 1 saturated carbocycles. The van der Waals surface area contributed by atoms with Gasteiger partial charge in [0.1, 0.15) is 10.1 Å². The van der Waals surface area contributed by atoms with Gasteiger partial charge in [0, 0.05) is 5.92 Å². The van der Waals surface area contributed by atoms with Gasteiger partial charge in [0.05, 0.1) is 0 Å². The molecule has 0 aromatic rings. The van der Waals surface area contributed by atoms with Crippen molar-refractivity contribution in [3.05, 3.63) is 0 Å². The maximum Gasteiger partial charge on any atom is 1.00 e. The van der Waals surface area contributed by atoms with E-state index in [4.69, 9.17) is 0 Å². The summed E-state index contributed by atoms with van der Waals surface area (Å²) in [7, 11) is -4.62. The molecule has 2 unspecified atom stereocenters. The Kier molecular flexibility index (Phi) is 4.28. The molecule has 0 radical (unpaired) electrons. The molecule has 1 N–H and O–H groups in total. The van der Waals surface area contributed by atoms with Crippen molar-refractivity contribution in [2.75, 3.05) is 0 Å². The molecule has 4 nitrogen and oxygen atoms in total. The second-order valence-corrected chi connectivity index (χ2v) is 6.01. The molecule has 1 aliphatic carbocycles. The number of aliphatic hydroxyl groups is 1. The summed E-state index contributed by atoms with van der Waals surface area (Å²) in [6, 6.07) is 0. The van der Waals surface area contributed by atoms with Gasteiger partial charge in [0.25, 0.3) is 0 Å². The van der Waals surface area contributed by atoms with E-state index >= 15 is 0 Å². The third-order valence-corrected chi connectivity index (χ3v) is 4.44. The molecule has 1 aliphatic rings. The van der Waals surface area contributed by atoms with Crippen LogP contribution < -0.4 is 29.6 Å². The fourth-order valence-corrected chi connectivity index (χ4v) is 2.94. The third kappa shape index (κ3) is 2.33. The van der Waals surface area contributed by atoms with Crippen LogP contribution in [0.25, 0.3) is 0 Å². The maximum atomic E-state index is 10.8. The SMILES string of the molecule is CCC(O)(C1CC1(C)C)S(=O)(=O)[O-].[Na+]. The van der Waals surface area contributed by atoms with Crippen molar-refractivity contribution in [1.82, 2.24) is 0 Å². The molecule has 0 amide bonds. The summed E-state index contributed by atoms with van der Waals surface area (Å²) in [6.45, 7) is 5.22. The van der Waals surface area contributed by atoms with Crippen molar-refractivity contribution in [2.24, 2.45) is 11.3 Å². The molecule has 1 rings (SSSR count). The van der Waals surface area contributed by atoms with Gasteiger partial charge in [-0.15, -0.1) is 0 Å². The Morgan fingerprint density at radius 1 is 1.57 bits per heavy atom. The summed E-state index contributed by atoms with van der Waals surface area (Å²) in [5.74, 6) is -0.410. The first-order valence-corrected chi connectivity index (χ1v) is 5.74. The molecule has 0 aromatic heterocycles. The molecule has 1 fully saturated rings. The van der Waals surface area contributed by atoms with Crippen molar-refractivity contribution in [2.45, 2.75) is 38.5 Å². The summed E-state index contributed by atoms with van der Waals surface area (Å²) in [4.78, 5) is -2.06. The molecule has 0 aliphatic heterocycles. The largest absolute Gasteiger partial charge is 1.00 e. The maximum absolute atomic E-state index is 10.8. The van der Waals surface area contributed by atoms with Crippen molar-refractivity contribution < 1.29 is 47.6 Å². The molecule has 0 spiro atoms. The summed E-state index contributed by atoms with van der Waals surface area (Å²) < 4.78 is 32.5. The Labute approximate surface area is 107 Å². The van der Waals surface area contributed by atoms with Crippen LogP contribution in [0, 0.1) is 11.3 Å². The minimum Gasteiger partial charge on any atom is -0.746 e. The first-order valence-electron chi connectivity index (χ1n) is 4.33. The summed E-state index contributed by atoms with van der Waals surface area (Å²) in [5.41, 5.74) is -0.220. The van der Waals surface area contributed by atoms with Gasteiger partial charge in [-0.05, 0) is 18.3 Å². The predicted molar refractivity (Wildman–Crippen MR) is 46.8 cm³/mol. The van der Waals surface area contributed by atoms with Gasteiger partial charge in [-0.3, -0.25) is 0 Å². The molecular formula is C8H15NaO4S. The van der Waals surface area contributed by atoms with E-state index in [0.717, 1.165) is 0 Å². The van der Waals surface area contributed by atoms with Crippen LogP contribution in [0.1, 0.15) is 33.6 Å². The Morgan fingerprint density at radius 2 is 1.93 bits per heavy atom. The van der Waals surface area contributed by atoms with Gasteiger partial charge < -0.3 is 9.66 Å². The molecule has 14 heavy (non-hydrogen) atoms. The van der Waals surface area contributed by atoms with Gasteiger partial charge in [-0.2, -0.15) is 0 Å². The molecule has 0 saturated heterocycles. The molecular weight excluding hydrogens is 215 g/mol. The van der Waals surface area contributed by atoms with Crippen molar-refractivity contribution in [1.29, 1.82) is 0 Å². The van der Waals surface area contributed by atoms with E-state index in [1.807, 2.05) is 13.8 Å². The average molecular weight is 230 g/mol. The zero-order valence-corrected chi connectivity index (χ0v) is 11.9. The number of hydrogen-bond donors (Lipinski definition) is 1. The van der Waals surface area contributed by atoms with Crippen LogP contribution in [-0.4, -0.2) is 23.0 Å². The number of rotatable bonds is 3. The van der Waals surface area contributed by atoms with Crippen molar-refractivity contribution in [3.8, 4) is 0 Å². The van der Waals surface area contributed by atoms with Crippen LogP contribution in [0.2, 0.25) is 0 Å². The second-order valence-electron chi connectivity index (χ2n) is 4.40. The summed E-state index contributed by atoms with van der Waals surface area (Å²) >= 11 is 0. The minimum atomic E-state index is -4.62. The Bertz CT molecular complexity index is 311. The molecule has 78 valence electrons. The van der Waals surface area contributed by atoms with Gasteiger partial charge in [0.2, 0.25) is 0 Å². The zero-order valence-electron chi connectivity index (χ0n) is 9.07. The quantitative estimate of drug-likeness (QED) is 0.436. The third-order valence-electron chi connectivity index (χ3n) is 3.00. The van der Waals surface area contributed by atoms with Crippen LogP contribution in [-0.2, 0) is 10.1 Å². The monoisotopic (exact) mass is 230 g/mol. The normalized spacial score (nSPS) is 28.8. The minimum absolute atomic E-state index is 0. The van der Waals surface area contributed by atoms with E-state index < -0.39 is 21.0 Å². The predicted octanol–water partition coefficient (Wildman–Crippen LogP) is -2.32. The first-order chi connectivity index (χ1) is 5.65. The number of hydrogen-bond acceptors (Lipinski definition) is 4. The van der Waals surface area contributed by atoms with Gasteiger partial charge in [0.15, 0.2) is 4.93 Å². The molecule has 0 aromatic carbocycles. The smallest absolute Gasteiger partial charge is 0.746 e. The van der Waals surface area contributed by atoms with Crippen LogP contribution in [0.3, 0.4) is 0 Å². The van der Waals surface area contributed by atoms with Crippen molar-refractivity contribution in [3.63, 3.8) is 0 Å². The summed E-state index contributed by atoms with van der Waals surface area (Å²) in [5, 5.41) is 9.73. The van der Waals surface area contributed by atoms with Gasteiger partial charge in [-0.25, -0.2) is 8.42 Å². The first kappa shape index (κ1) is 14.9. The van der Waals surface area contributed by atoms with Crippen molar-refractivity contribution >= 4 is 10.1 Å². The fraction of sp³-hybridized carbons (Fsp3) is 1.00.